The first kappa shape index (κ1) is 32.5. The Morgan fingerprint density at radius 1 is 0.711 bits per heavy atom. The van der Waals surface area contributed by atoms with E-state index in [-0.39, 0.29) is 22.8 Å². The molecule has 0 fully saturated rings. The van der Waals surface area contributed by atoms with Gasteiger partial charge in [0.2, 0.25) is 0 Å². The van der Waals surface area contributed by atoms with Crippen LogP contribution in [-0.2, 0) is 6.42 Å². The summed E-state index contributed by atoms with van der Waals surface area (Å²) < 4.78 is 0. The first-order valence-corrected chi connectivity index (χ1v) is 15.2. The van der Waals surface area contributed by atoms with Crippen LogP contribution in [0.1, 0.15) is 62.4 Å². The van der Waals surface area contributed by atoms with Gasteiger partial charge in [-0.15, -0.1) is 12.8 Å². The SMILES string of the molecule is C#C.C/C=C\C1=C(C)Cc2c(O)c(O)c(/C(C)=c3\cccc\c3=C(\c3ccccc3)c3cccc4ccccc34)c(O)c21.CC. The number of fused-ring (bicyclic) bond motifs is 2. The van der Waals surface area contributed by atoms with Gasteiger partial charge >= 0.3 is 0 Å². The van der Waals surface area contributed by atoms with Crippen LogP contribution in [0.4, 0.5) is 0 Å². The number of hydrogen-bond acceptors (Lipinski definition) is 3. The van der Waals surface area contributed by atoms with Gasteiger partial charge in [-0.1, -0.05) is 129 Å². The molecule has 0 spiro atoms. The van der Waals surface area contributed by atoms with Crippen molar-refractivity contribution in [1.29, 1.82) is 0 Å². The molecule has 0 aromatic heterocycles. The van der Waals surface area contributed by atoms with Gasteiger partial charge in [-0.25, -0.2) is 0 Å². The van der Waals surface area contributed by atoms with Crippen LogP contribution in [0, 0.1) is 12.8 Å². The van der Waals surface area contributed by atoms with Crippen LogP contribution in [0.3, 0.4) is 0 Å². The summed E-state index contributed by atoms with van der Waals surface area (Å²) in [4.78, 5) is 0. The fraction of sp³-hybridized carbons (Fsp3) is 0.143. The lowest BCUT2D eigenvalue weighted by atomic mass is 9.89. The minimum absolute atomic E-state index is 0.0148. The van der Waals surface area contributed by atoms with Crippen LogP contribution >= 0.6 is 0 Å². The molecule has 226 valence electrons. The van der Waals surface area contributed by atoms with Crippen LogP contribution in [0.5, 0.6) is 17.2 Å². The summed E-state index contributed by atoms with van der Waals surface area (Å²) in [6.45, 7) is 9.81. The van der Waals surface area contributed by atoms with Gasteiger partial charge in [-0.3, -0.25) is 0 Å². The van der Waals surface area contributed by atoms with Crippen LogP contribution in [0.25, 0.3) is 27.5 Å². The third-order valence-corrected chi connectivity index (χ3v) is 8.12. The quantitative estimate of drug-likeness (QED) is 0.111. The number of rotatable bonds is 4. The number of phenolic OH excluding ortho intramolecular Hbond substituents is 3. The zero-order valence-corrected chi connectivity index (χ0v) is 26.6. The first-order valence-electron chi connectivity index (χ1n) is 15.2. The van der Waals surface area contributed by atoms with Crippen LogP contribution in [0.2, 0.25) is 0 Å². The molecule has 1 aliphatic rings. The lowest BCUT2D eigenvalue weighted by Gasteiger charge is -2.17. The third-order valence-electron chi connectivity index (χ3n) is 8.12. The maximum absolute atomic E-state index is 11.7. The van der Waals surface area contributed by atoms with Gasteiger partial charge in [-0.2, -0.15) is 0 Å². The maximum Gasteiger partial charge on any atom is 0.169 e. The van der Waals surface area contributed by atoms with Crippen molar-refractivity contribution >= 4 is 27.5 Å². The van der Waals surface area contributed by atoms with Crippen molar-refractivity contribution in [3.8, 4) is 30.1 Å². The highest BCUT2D eigenvalue weighted by molar-refractivity contribution is 5.98. The standard InChI is InChI=1S/C38H32O3.C2H6.C2H2/c1-4-13-27-23(2)22-32-35(27)37(40)33(38(41)36(32)39)24(3)28-18-10-11-20-30(28)34(26-15-6-5-7-16-26)31-21-12-17-25-14-8-9-19-29(25)31;2*1-2/h4-21,39-41H,22H2,1-3H3;1-2H3;1-2H/b13-4-,28-24+,34-30+;;. The summed E-state index contributed by atoms with van der Waals surface area (Å²) in [6.07, 6.45) is 12.4. The smallest absolute Gasteiger partial charge is 0.169 e. The topological polar surface area (TPSA) is 60.7 Å². The monoisotopic (exact) mass is 592 g/mol. The Bertz CT molecular complexity index is 2050. The summed E-state index contributed by atoms with van der Waals surface area (Å²) in [5.41, 5.74) is 7.18. The minimum Gasteiger partial charge on any atom is -0.507 e. The van der Waals surface area contributed by atoms with E-state index in [0.29, 0.717) is 23.1 Å². The number of benzene rings is 5. The number of aromatic hydroxyl groups is 3. The molecule has 3 N–H and O–H groups in total. The highest BCUT2D eigenvalue weighted by Crippen LogP contribution is 2.51. The van der Waals surface area contributed by atoms with Crippen molar-refractivity contribution in [1.82, 2.24) is 0 Å². The molecule has 3 heteroatoms. The Kier molecular flexibility index (Phi) is 10.3. The minimum atomic E-state index is -0.297. The van der Waals surface area contributed by atoms with Crippen molar-refractivity contribution in [3.05, 3.63) is 153 Å². The molecule has 0 aliphatic heterocycles. The van der Waals surface area contributed by atoms with Crippen molar-refractivity contribution in [3.63, 3.8) is 0 Å². The van der Waals surface area contributed by atoms with E-state index in [4.69, 9.17) is 0 Å². The number of hydrogen-bond donors (Lipinski definition) is 3. The van der Waals surface area contributed by atoms with Crippen LogP contribution in [0.15, 0.2) is 115 Å². The Morgan fingerprint density at radius 3 is 2.00 bits per heavy atom. The molecule has 0 amide bonds. The molecule has 0 heterocycles. The molecule has 0 unspecified atom stereocenters. The molecular weight excluding hydrogens is 552 g/mol. The second-order valence-electron chi connectivity index (χ2n) is 10.6. The van der Waals surface area contributed by atoms with Gasteiger partial charge in [0.25, 0.3) is 0 Å². The average molecular weight is 593 g/mol. The van der Waals surface area contributed by atoms with E-state index in [1.165, 1.54) is 0 Å². The second kappa shape index (κ2) is 14.3. The van der Waals surface area contributed by atoms with Gasteiger partial charge in [-0.05, 0) is 76.2 Å². The highest BCUT2D eigenvalue weighted by atomic mass is 16.3. The molecular formula is C42H40O3. The van der Waals surface area contributed by atoms with Crippen molar-refractivity contribution in [2.24, 2.45) is 0 Å². The molecule has 0 atom stereocenters. The van der Waals surface area contributed by atoms with E-state index in [9.17, 15) is 15.3 Å². The molecule has 3 nitrogen and oxygen atoms in total. The van der Waals surface area contributed by atoms with Gasteiger partial charge in [0.05, 0.1) is 5.56 Å². The van der Waals surface area contributed by atoms with E-state index in [2.05, 4.69) is 67.4 Å². The Balaban J connectivity index is 0.00000111. The van der Waals surface area contributed by atoms with Gasteiger partial charge in [0.1, 0.15) is 5.75 Å². The number of terminal acetylenes is 1. The predicted octanol–water partition coefficient (Wildman–Crippen LogP) is 8.60. The van der Waals surface area contributed by atoms with Gasteiger partial charge in [0, 0.05) is 11.1 Å². The molecule has 0 saturated heterocycles. The van der Waals surface area contributed by atoms with Crippen molar-refractivity contribution in [2.75, 3.05) is 0 Å². The molecule has 0 radical (unpaired) electrons. The molecule has 0 bridgehead atoms. The van der Waals surface area contributed by atoms with E-state index in [1.54, 1.807) is 0 Å². The Morgan fingerprint density at radius 2 is 1.31 bits per heavy atom. The summed E-state index contributed by atoms with van der Waals surface area (Å²) in [6, 6.07) is 33.1. The van der Waals surface area contributed by atoms with Gasteiger partial charge in [0.15, 0.2) is 11.5 Å². The first-order chi connectivity index (χ1) is 21.9. The van der Waals surface area contributed by atoms with Crippen molar-refractivity contribution in [2.45, 2.75) is 41.0 Å². The fourth-order valence-electron chi connectivity index (χ4n) is 6.21. The molecule has 6 rings (SSSR count). The summed E-state index contributed by atoms with van der Waals surface area (Å²) in [5, 5.41) is 38.3. The van der Waals surface area contributed by atoms with E-state index < -0.39 is 0 Å². The highest BCUT2D eigenvalue weighted by Gasteiger charge is 2.30. The van der Waals surface area contributed by atoms with E-state index >= 15 is 0 Å². The zero-order valence-electron chi connectivity index (χ0n) is 26.6. The number of phenols is 3. The zero-order chi connectivity index (χ0) is 32.7. The number of allylic oxidation sites excluding steroid dienone is 4. The summed E-state index contributed by atoms with van der Waals surface area (Å²) in [5.74, 6) is -0.488. The fourth-order valence-corrected chi connectivity index (χ4v) is 6.21. The third kappa shape index (κ3) is 5.88. The van der Waals surface area contributed by atoms with Crippen molar-refractivity contribution < 1.29 is 15.3 Å². The average Bonchev–Trinajstić information content (AvgIpc) is 3.42. The molecule has 1 aliphatic carbocycles. The van der Waals surface area contributed by atoms with Gasteiger partial charge < -0.3 is 15.3 Å². The second-order valence-corrected chi connectivity index (χ2v) is 10.6. The predicted molar refractivity (Wildman–Crippen MR) is 190 cm³/mol. The molecule has 5 aromatic carbocycles. The van der Waals surface area contributed by atoms with E-state index in [1.807, 2.05) is 89.2 Å². The lowest BCUT2D eigenvalue weighted by molar-refractivity contribution is 0.391. The van der Waals surface area contributed by atoms with E-state index in [0.717, 1.165) is 49.1 Å². The molecule has 5 aromatic rings. The normalized spacial score (nSPS) is 13.4. The molecule has 45 heavy (non-hydrogen) atoms. The summed E-state index contributed by atoms with van der Waals surface area (Å²) >= 11 is 0. The lowest BCUT2D eigenvalue weighted by Crippen LogP contribution is -2.29. The Labute approximate surface area is 266 Å². The molecule has 0 saturated carbocycles. The van der Waals surface area contributed by atoms with Crippen LogP contribution < -0.4 is 10.4 Å². The maximum atomic E-state index is 11.7. The largest absolute Gasteiger partial charge is 0.507 e. The summed E-state index contributed by atoms with van der Waals surface area (Å²) in [7, 11) is 0. The Hall–Kier alpha value is -5.46. The van der Waals surface area contributed by atoms with Crippen LogP contribution in [-0.4, -0.2) is 15.3 Å².